The van der Waals surface area contributed by atoms with E-state index in [1.807, 2.05) is 0 Å². The Balaban J connectivity index is 2.49. The lowest BCUT2D eigenvalue weighted by Crippen LogP contribution is -2.00. The molecule has 0 unspecified atom stereocenters. The van der Waals surface area contributed by atoms with Crippen LogP contribution in [0.1, 0.15) is 10.5 Å². The smallest absolute Gasteiger partial charge is 0.354 e. The Morgan fingerprint density at radius 2 is 1.78 bits per heavy atom. The van der Waals surface area contributed by atoms with Gasteiger partial charge >= 0.3 is 5.97 Å². The number of halogens is 3. The summed E-state index contributed by atoms with van der Waals surface area (Å²) in [5.74, 6) is -5.42. The first-order valence-corrected chi connectivity index (χ1v) is 4.84. The number of rotatable bonds is 2. The fourth-order valence-corrected chi connectivity index (χ4v) is 1.43. The van der Waals surface area contributed by atoms with Crippen molar-refractivity contribution in [1.29, 1.82) is 0 Å². The standard InChI is InChI=1S/C12H6F3NO2/c13-8-3-2-7(10(14)11(8)15)6-1-4-9(12(17)18)16-5-6/h1-5H,(H,17,18). The Labute approximate surface area is 99.5 Å². The molecule has 3 nitrogen and oxygen atoms in total. The van der Waals surface area contributed by atoms with Crippen LogP contribution in [-0.2, 0) is 0 Å². The first-order valence-electron chi connectivity index (χ1n) is 4.84. The lowest BCUT2D eigenvalue weighted by atomic mass is 10.1. The molecule has 0 atom stereocenters. The minimum atomic E-state index is -1.57. The highest BCUT2D eigenvalue weighted by molar-refractivity contribution is 5.85. The molecule has 6 heteroatoms. The maximum atomic E-state index is 13.4. The van der Waals surface area contributed by atoms with Gasteiger partial charge in [0.1, 0.15) is 5.69 Å². The Kier molecular flexibility index (Phi) is 3.01. The van der Waals surface area contributed by atoms with Crippen molar-refractivity contribution in [3.63, 3.8) is 0 Å². The van der Waals surface area contributed by atoms with E-state index in [9.17, 15) is 18.0 Å². The summed E-state index contributed by atoms with van der Waals surface area (Å²) in [6.45, 7) is 0. The fraction of sp³-hybridized carbons (Fsp3) is 0. The molecule has 1 aromatic carbocycles. The van der Waals surface area contributed by atoms with E-state index in [1.54, 1.807) is 0 Å². The molecular weight excluding hydrogens is 247 g/mol. The van der Waals surface area contributed by atoms with Gasteiger partial charge in [0.15, 0.2) is 17.5 Å². The average Bonchev–Trinajstić information content (AvgIpc) is 2.36. The molecule has 2 rings (SSSR count). The molecule has 0 aliphatic rings. The van der Waals surface area contributed by atoms with Gasteiger partial charge in [-0.1, -0.05) is 6.07 Å². The summed E-state index contributed by atoms with van der Waals surface area (Å²) in [4.78, 5) is 14.1. The Hall–Kier alpha value is -2.37. The molecule has 0 spiro atoms. The van der Waals surface area contributed by atoms with E-state index in [4.69, 9.17) is 5.11 Å². The van der Waals surface area contributed by atoms with E-state index < -0.39 is 23.4 Å². The van der Waals surface area contributed by atoms with Crippen molar-refractivity contribution in [1.82, 2.24) is 4.98 Å². The summed E-state index contributed by atoms with van der Waals surface area (Å²) in [7, 11) is 0. The van der Waals surface area contributed by atoms with Gasteiger partial charge in [0.05, 0.1) is 0 Å². The molecule has 0 aliphatic carbocycles. The molecule has 0 bridgehead atoms. The van der Waals surface area contributed by atoms with Crippen LogP contribution in [0.3, 0.4) is 0 Å². The second kappa shape index (κ2) is 4.48. The van der Waals surface area contributed by atoms with Crippen LogP contribution in [-0.4, -0.2) is 16.1 Å². The molecule has 0 saturated heterocycles. The van der Waals surface area contributed by atoms with E-state index in [0.717, 1.165) is 24.4 Å². The van der Waals surface area contributed by atoms with E-state index in [1.165, 1.54) is 6.07 Å². The zero-order valence-corrected chi connectivity index (χ0v) is 8.82. The van der Waals surface area contributed by atoms with Gasteiger partial charge in [0, 0.05) is 17.3 Å². The van der Waals surface area contributed by atoms with Gasteiger partial charge < -0.3 is 5.11 Å². The van der Waals surface area contributed by atoms with Crippen LogP contribution in [0.25, 0.3) is 11.1 Å². The third-order valence-corrected chi connectivity index (χ3v) is 2.33. The number of carbonyl (C=O) groups is 1. The van der Waals surface area contributed by atoms with Crippen LogP contribution in [0, 0.1) is 17.5 Å². The van der Waals surface area contributed by atoms with Gasteiger partial charge in [-0.2, -0.15) is 0 Å². The van der Waals surface area contributed by atoms with Gasteiger partial charge in [0.2, 0.25) is 0 Å². The van der Waals surface area contributed by atoms with Crippen molar-refractivity contribution >= 4 is 5.97 Å². The number of carboxylic acid groups (broad SMARTS) is 1. The number of benzene rings is 1. The summed E-state index contributed by atoms with van der Waals surface area (Å²) in [6.07, 6.45) is 1.08. The van der Waals surface area contributed by atoms with E-state index in [2.05, 4.69) is 4.98 Å². The third-order valence-electron chi connectivity index (χ3n) is 2.33. The maximum absolute atomic E-state index is 13.4. The second-order valence-electron chi connectivity index (χ2n) is 3.46. The SMILES string of the molecule is O=C(O)c1ccc(-c2ccc(F)c(F)c2F)cn1. The Morgan fingerprint density at radius 3 is 2.33 bits per heavy atom. The van der Waals surface area contributed by atoms with Crippen molar-refractivity contribution < 1.29 is 23.1 Å². The topological polar surface area (TPSA) is 50.2 Å². The van der Waals surface area contributed by atoms with Gasteiger partial charge in [0.25, 0.3) is 0 Å². The molecule has 2 aromatic rings. The first kappa shape index (κ1) is 12.1. The van der Waals surface area contributed by atoms with Crippen molar-refractivity contribution in [3.8, 4) is 11.1 Å². The monoisotopic (exact) mass is 253 g/mol. The Morgan fingerprint density at radius 1 is 1.06 bits per heavy atom. The average molecular weight is 253 g/mol. The molecule has 0 fully saturated rings. The number of hydrogen-bond donors (Lipinski definition) is 1. The molecule has 18 heavy (non-hydrogen) atoms. The summed E-state index contributed by atoms with van der Waals surface area (Å²) in [6, 6.07) is 4.27. The molecule has 1 aromatic heterocycles. The summed E-state index contributed by atoms with van der Waals surface area (Å²) in [5, 5.41) is 8.64. The third kappa shape index (κ3) is 2.04. The number of carboxylic acids is 1. The van der Waals surface area contributed by atoms with E-state index >= 15 is 0 Å². The summed E-state index contributed by atoms with van der Waals surface area (Å²) in [5.41, 5.74) is -0.239. The molecule has 1 N–H and O–H groups in total. The van der Waals surface area contributed by atoms with Crippen LogP contribution in [0.2, 0.25) is 0 Å². The minimum absolute atomic E-state index is 0.163. The molecule has 0 amide bonds. The predicted octanol–water partition coefficient (Wildman–Crippen LogP) is 2.86. The summed E-state index contributed by atoms with van der Waals surface area (Å²) < 4.78 is 39.2. The largest absolute Gasteiger partial charge is 0.477 e. The van der Waals surface area contributed by atoms with Crippen molar-refractivity contribution in [2.45, 2.75) is 0 Å². The fourth-order valence-electron chi connectivity index (χ4n) is 1.43. The predicted molar refractivity (Wildman–Crippen MR) is 56.5 cm³/mol. The summed E-state index contributed by atoms with van der Waals surface area (Å²) >= 11 is 0. The van der Waals surface area contributed by atoms with Crippen molar-refractivity contribution in [2.75, 3.05) is 0 Å². The van der Waals surface area contributed by atoms with Crippen molar-refractivity contribution in [2.24, 2.45) is 0 Å². The van der Waals surface area contributed by atoms with Crippen LogP contribution >= 0.6 is 0 Å². The molecule has 1 heterocycles. The normalized spacial score (nSPS) is 10.4. The van der Waals surface area contributed by atoms with Crippen LogP contribution in [0.5, 0.6) is 0 Å². The van der Waals surface area contributed by atoms with Gasteiger partial charge in [-0.15, -0.1) is 0 Å². The first-order chi connectivity index (χ1) is 8.50. The van der Waals surface area contributed by atoms with Crippen LogP contribution in [0.4, 0.5) is 13.2 Å². The lowest BCUT2D eigenvalue weighted by molar-refractivity contribution is 0.0690. The van der Waals surface area contributed by atoms with Crippen LogP contribution < -0.4 is 0 Å². The zero-order valence-electron chi connectivity index (χ0n) is 8.82. The molecule has 92 valence electrons. The number of aromatic carboxylic acids is 1. The van der Waals surface area contributed by atoms with Gasteiger partial charge in [-0.05, 0) is 18.2 Å². The van der Waals surface area contributed by atoms with Gasteiger partial charge in [-0.3, -0.25) is 0 Å². The molecule has 0 radical (unpaired) electrons. The van der Waals surface area contributed by atoms with E-state index in [0.29, 0.717) is 0 Å². The maximum Gasteiger partial charge on any atom is 0.354 e. The molecule has 0 saturated carbocycles. The highest BCUT2D eigenvalue weighted by Crippen LogP contribution is 2.25. The van der Waals surface area contributed by atoms with Gasteiger partial charge in [-0.25, -0.2) is 22.9 Å². The van der Waals surface area contributed by atoms with Crippen molar-refractivity contribution in [3.05, 3.63) is 53.6 Å². The molecule has 0 aliphatic heterocycles. The minimum Gasteiger partial charge on any atom is -0.477 e. The lowest BCUT2D eigenvalue weighted by Gasteiger charge is -2.04. The quantitative estimate of drug-likeness (QED) is 0.837. The second-order valence-corrected chi connectivity index (χ2v) is 3.46. The highest BCUT2D eigenvalue weighted by atomic mass is 19.2. The number of aromatic nitrogens is 1. The Bertz CT molecular complexity index is 611. The number of pyridine rings is 1. The number of nitrogens with zero attached hydrogens (tertiary/aromatic N) is 1. The molecular formula is C12H6F3NO2. The van der Waals surface area contributed by atoms with Crippen LogP contribution in [0.15, 0.2) is 30.5 Å². The number of hydrogen-bond acceptors (Lipinski definition) is 2. The van der Waals surface area contributed by atoms with E-state index in [-0.39, 0.29) is 16.8 Å². The highest BCUT2D eigenvalue weighted by Gasteiger charge is 2.15. The zero-order chi connectivity index (χ0) is 13.3.